The molecule has 2 N–H and O–H groups in total. The summed E-state index contributed by atoms with van der Waals surface area (Å²) in [5, 5.41) is 0.854. The second-order valence-electron chi connectivity index (χ2n) is 4.25. The zero-order valence-electron chi connectivity index (χ0n) is 11.5. The molecular weight excluding hydrogens is 280 g/mol. The average molecular weight is 297 g/mol. The number of carbonyl (C=O) groups excluding carboxylic acids is 1. The fourth-order valence-electron chi connectivity index (χ4n) is 2.22. The smallest absolute Gasteiger partial charge is 0.356 e. The van der Waals surface area contributed by atoms with Gasteiger partial charge in [0.15, 0.2) is 0 Å². The summed E-state index contributed by atoms with van der Waals surface area (Å²) in [6, 6.07) is 5.45. The molecule has 0 aliphatic rings. The van der Waals surface area contributed by atoms with Gasteiger partial charge in [0.2, 0.25) is 0 Å². The average Bonchev–Trinajstić information content (AvgIpc) is 2.72. The molecule has 0 saturated carbocycles. The predicted octanol–water partition coefficient (Wildman–Crippen LogP) is 2.33. The van der Waals surface area contributed by atoms with Crippen molar-refractivity contribution < 1.29 is 14.3 Å². The molecule has 0 amide bonds. The number of halogens is 1. The first-order valence-corrected chi connectivity index (χ1v) is 6.72. The minimum absolute atomic E-state index is 0.294. The van der Waals surface area contributed by atoms with E-state index in [0.717, 1.165) is 16.5 Å². The molecule has 0 bridgehead atoms. The van der Waals surface area contributed by atoms with E-state index in [9.17, 15) is 4.79 Å². The Morgan fingerprint density at radius 2 is 2.20 bits per heavy atom. The van der Waals surface area contributed by atoms with E-state index in [1.165, 1.54) is 4.09 Å². The Morgan fingerprint density at radius 3 is 2.80 bits per heavy atom. The maximum absolute atomic E-state index is 12.1. The molecule has 1 aromatic carbocycles. The van der Waals surface area contributed by atoms with Gasteiger partial charge in [-0.25, -0.2) is 8.88 Å². The Kier molecular flexibility index (Phi) is 4.52. The van der Waals surface area contributed by atoms with Gasteiger partial charge in [0, 0.05) is 17.2 Å². The second kappa shape index (κ2) is 6.15. The molecule has 2 aromatic rings. The van der Waals surface area contributed by atoms with Crippen LogP contribution in [0.15, 0.2) is 18.2 Å². The summed E-state index contributed by atoms with van der Waals surface area (Å²) in [5.74, 6) is 0.259. The van der Waals surface area contributed by atoms with E-state index < -0.39 is 5.97 Å². The van der Waals surface area contributed by atoms with E-state index in [2.05, 4.69) is 0 Å². The summed E-state index contributed by atoms with van der Waals surface area (Å²) < 4.78 is 11.6. The van der Waals surface area contributed by atoms with Crippen molar-refractivity contribution in [2.24, 2.45) is 5.73 Å². The molecule has 1 heterocycles. The molecule has 0 fully saturated rings. The lowest BCUT2D eigenvalue weighted by molar-refractivity contribution is 0.0517. The van der Waals surface area contributed by atoms with E-state index in [0.29, 0.717) is 31.0 Å². The molecule has 20 heavy (non-hydrogen) atoms. The zero-order valence-corrected chi connectivity index (χ0v) is 12.2. The van der Waals surface area contributed by atoms with Crippen molar-refractivity contribution in [1.82, 2.24) is 4.09 Å². The summed E-state index contributed by atoms with van der Waals surface area (Å²) in [7, 11) is 1.59. The maximum atomic E-state index is 12.1. The minimum Gasteiger partial charge on any atom is -0.497 e. The number of carbonyl (C=O) groups is 1. The van der Waals surface area contributed by atoms with Gasteiger partial charge >= 0.3 is 5.97 Å². The van der Waals surface area contributed by atoms with Crippen LogP contribution in [0.4, 0.5) is 0 Å². The van der Waals surface area contributed by atoms with Crippen molar-refractivity contribution in [2.45, 2.75) is 13.3 Å². The SMILES string of the molecule is CCOC(=O)c1c(CCN)c2cc(OC)ccc2n1Cl. The topological polar surface area (TPSA) is 66.5 Å². The Labute approximate surface area is 122 Å². The monoisotopic (exact) mass is 296 g/mol. The molecule has 6 heteroatoms. The van der Waals surface area contributed by atoms with Gasteiger partial charge < -0.3 is 15.2 Å². The third-order valence-electron chi connectivity index (χ3n) is 3.09. The van der Waals surface area contributed by atoms with Gasteiger partial charge in [-0.1, -0.05) is 0 Å². The largest absolute Gasteiger partial charge is 0.497 e. The Hall–Kier alpha value is -1.72. The van der Waals surface area contributed by atoms with Gasteiger partial charge in [-0.3, -0.25) is 0 Å². The summed E-state index contributed by atoms with van der Waals surface area (Å²) in [4.78, 5) is 12.1. The molecule has 108 valence electrons. The molecule has 0 atom stereocenters. The van der Waals surface area contributed by atoms with Gasteiger partial charge in [-0.2, -0.15) is 0 Å². The number of rotatable bonds is 5. The minimum atomic E-state index is -0.443. The normalized spacial score (nSPS) is 10.8. The molecule has 0 aliphatic heterocycles. The fourth-order valence-corrected chi connectivity index (χ4v) is 2.54. The number of methoxy groups -OCH3 is 1. The number of fused-ring (bicyclic) bond motifs is 1. The van der Waals surface area contributed by atoms with E-state index in [1.54, 1.807) is 20.1 Å². The van der Waals surface area contributed by atoms with E-state index in [1.807, 2.05) is 12.1 Å². The lowest BCUT2D eigenvalue weighted by atomic mass is 10.1. The number of benzene rings is 1. The van der Waals surface area contributed by atoms with Crippen LogP contribution in [0.3, 0.4) is 0 Å². The standard InChI is InChI=1S/C14H17ClN2O3/c1-3-20-14(18)13-10(6-7-16)11-8-9(19-2)4-5-12(11)17(13)15/h4-5,8H,3,6-7,16H2,1-2H3. The zero-order chi connectivity index (χ0) is 14.7. The van der Waals surface area contributed by atoms with Crippen LogP contribution in [-0.2, 0) is 11.2 Å². The van der Waals surface area contributed by atoms with Crippen LogP contribution in [0, 0.1) is 0 Å². The van der Waals surface area contributed by atoms with E-state index >= 15 is 0 Å². The first kappa shape index (κ1) is 14.7. The van der Waals surface area contributed by atoms with Crippen LogP contribution in [0.25, 0.3) is 10.9 Å². The van der Waals surface area contributed by atoms with Gasteiger partial charge in [-0.05, 0) is 43.7 Å². The van der Waals surface area contributed by atoms with Crippen LogP contribution in [-0.4, -0.2) is 30.3 Å². The highest BCUT2D eigenvalue weighted by Gasteiger charge is 2.23. The summed E-state index contributed by atoms with van der Waals surface area (Å²) in [5.41, 5.74) is 7.50. The van der Waals surface area contributed by atoms with Crippen LogP contribution < -0.4 is 10.5 Å². The van der Waals surface area contributed by atoms with Crippen molar-refractivity contribution in [3.05, 3.63) is 29.5 Å². The summed E-state index contributed by atoms with van der Waals surface area (Å²) in [6.07, 6.45) is 0.539. The molecule has 1 aromatic heterocycles. The van der Waals surface area contributed by atoms with Crippen LogP contribution in [0.2, 0.25) is 0 Å². The number of hydrogen-bond acceptors (Lipinski definition) is 4. The van der Waals surface area contributed by atoms with E-state index in [4.69, 9.17) is 27.0 Å². The first-order valence-electron chi connectivity index (χ1n) is 6.38. The van der Waals surface area contributed by atoms with Crippen molar-refractivity contribution >= 4 is 28.6 Å². The van der Waals surface area contributed by atoms with Gasteiger partial charge in [0.25, 0.3) is 0 Å². The number of hydrogen-bond donors (Lipinski definition) is 1. The predicted molar refractivity (Wildman–Crippen MR) is 78.5 cm³/mol. The van der Waals surface area contributed by atoms with E-state index in [-0.39, 0.29) is 0 Å². The molecule has 0 aliphatic carbocycles. The molecule has 5 nitrogen and oxygen atoms in total. The third-order valence-corrected chi connectivity index (χ3v) is 3.44. The molecular formula is C14H17ClN2O3. The molecule has 0 radical (unpaired) electrons. The van der Waals surface area contributed by atoms with Crippen LogP contribution in [0.1, 0.15) is 23.0 Å². The Balaban J connectivity index is 2.68. The van der Waals surface area contributed by atoms with Crippen molar-refractivity contribution in [3.8, 4) is 5.75 Å². The summed E-state index contributed by atoms with van der Waals surface area (Å²) in [6.45, 7) is 2.47. The highest BCUT2D eigenvalue weighted by atomic mass is 35.5. The quantitative estimate of drug-likeness (QED) is 0.860. The highest BCUT2D eigenvalue weighted by Crippen LogP contribution is 2.31. The number of ether oxygens (including phenoxy) is 2. The molecule has 0 spiro atoms. The lowest BCUT2D eigenvalue weighted by Crippen LogP contribution is -2.12. The molecule has 2 rings (SSSR count). The number of esters is 1. The number of nitrogens with zero attached hydrogens (tertiary/aromatic N) is 1. The Bertz CT molecular complexity index is 637. The highest BCUT2D eigenvalue weighted by molar-refractivity contribution is 6.23. The Morgan fingerprint density at radius 1 is 1.45 bits per heavy atom. The van der Waals surface area contributed by atoms with Crippen molar-refractivity contribution in [1.29, 1.82) is 0 Å². The van der Waals surface area contributed by atoms with Crippen LogP contribution in [0.5, 0.6) is 5.75 Å². The third kappa shape index (κ3) is 2.46. The summed E-state index contributed by atoms with van der Waals surface area (Å²) >= 11 is 6.26. The van der Waals surface area contributed by atoms with Crippen LogP contribution >= 0.6 is 11.8 Å². The lowest BCUT2D eigenvalue weighted by Gasteiger charge is -2.05. The van der Waals surface area contributed by atoms with Gasteiger partial charge in [0.05, 0.1) is 19.2 Å². The van der Waals surface area contributed by atoms with Gasteiger partial charge in [0.1, 0.15) is 11.4 Å². The first-order chi connectivity index (χ1) is 9.63. The van der Waals surface area contributed by atoms with Crippen molar-refractivity contribution in [3.63, 3.8) is 0 Å². The maximum Gasteiger partial charge on any atom is 0.356 e. The van der Waals surface area contributed by atoms with Crippen molar-refractivity contribution in [2.75, 3.05) is 20.3 Å². The number of aromatic nitrogens is 1. The second-order valence-corrected chi connectivity index (χ2v) is 4.59. The molecule has 0 saturated heterocycles. The molecule has 0 unspecified atom stereocenters. The number of nitrogens with two attached hydrogens (primary N) is 1. The fraction of sp³-hybridized carbons (Fsp3) is 0.357. The van der Waals surface area contributed by atoms with Gasteiger partial charge in [-0.15, -0.1) is 0 Å².